The molecule has 0 saturated carbocycles. The number of amides is 3. The molecule has 3 amide bonds. The molecule has 0 bridgehead atoms. The molecule has 1 fully saturated rings. The summed E-state index contributed by atoms with van der Waals surface area (Å²) in [6.07, 6.45) is 6.11. The largest absolute Gasteiger partial charge is 0.379 e. The Morgan fingerprint density at radius 3 is 2.12 bits per heavy atom. The fraction of sp³-hybridized carbons (Fsp3) is 0.733. The number of hydrogen-bond acceptors (Lipinski definition) is 9. The summed E-state index contributed by atoms with van der Waals surface area (Å²) in [5.74, 6) is -0.437. The highest BCUT2D eigenvalue weighted by Crippen LogP contribution is 2.27. The summed E-state index contributed by atoms with van der Waals surface area (Å²) in [6, 6.07) is 8.88. The van der Waals surface area contributed by atoms with Gasteiger partial charge in [0.15, 0.2) is 0 Å². The van der Waals surface area contributed by atoms with Crippen LogP contribution in [0, 0.1) is 17.8 Å². The van der Waals surface area contributed by atoms with E-state index in [4.69, 9.17) is 15.2 Å². The molecule has 1 aromatic rings. The van der Waals surface area contributed by atoms with E-state index in [0.717, 1.165) is 48.5 Å². The first-order valence-corrected chi connectivity index (χ1v) is 21.4. The molecule has 1 aromatic carbocycles. The predicted octanol–water partition coefficient (Wildman–Crippen LogP) is 6.02. The van der Waals surface area contributed by atoms with Crippen LogP contribution in [0.2, 0.25) is 0 Å². The molecule has 0 spiro atoms. The minimum Gasteiger partial charge on any atom is -0.379 e. The van der Waals surface area contributed by atoms with Gasteiger partial charge in [-0.1, -0.05) is 105 Å². The molecule has 13 heteroatoms. The smallest absolute Gasteiger partial charge is 0.242 e. The van der Waals surface area contributed by atoms with Gasteiger partial charge in [0.2, 0.25) is 18.2 Å². The second kappa shape index (κ2) is 30.7. The van der Waals surface area contributed by atoms with E-state index < -0.39 is 18.1 Å². The zero-order valence-electron chi connectivity index (χ0n) is 38.4. The maximum atomic E-state index is 14.9. The summed E-state index contributed by atoms with van der Waals surface area (Å²) in [6.45, 7) is 22.2. The number of likely N-dealkylation sites (N-methyl/N-ethyl adjacent to an activating group) is 1. The van der Waals surface area contributed by atoms with Gasteiger partial charge in [-0.15, -0.1) is 15.3 Å². The highest BCUT2D eigenvalue weighted by atomic mass is 19.2. The molecule has 4 N–H and O–H groups in total. The van der Waals surface area contributed by atoms with Crippen LogP contribution in [0.25, 0.3) is 0 Å². The third kappa shape index (κ3) is 18.3. The summed E-state index contributed by atoms with van der Waals surface area (Å²) in [4.78, 5) is 42.8. The zero-order valence-corrected chi connectivity index (χ0v) is 38.4. The third-order valence-corrected chi connectivity index (χ3v) is 10.7. The number of halogens is 1. The zero-order chi connectivity index (χ0) is 44.4. The summed E-state index contributed by atoms with van der Waals surface area (Å²) in [5.41, 5.74) is 10.2. The van der Waals surface area contributed by atoms with E-state index in [1.54, 1.807) is 26.0 Å². The molecule has 1 saturated heterocycles. The van der Waals surface area contributed by atoms with E-state index in [1.165, 1.54) is 6.42 Å². The first-order valence-electron chi connectivity index (χ1n) is 21.4. The minimum absolute atomic E-state index is 0.0890. The molecule has 8 atom stereocenters. The Morgan fingerprint density at radius 2 is 1.66 bits per heavy atom. The van der Waals surface area contributed by atoms with Crippen molar-refractivity contribution in [1.29, 1.82) is 0 Å². The highest BCUT2D eigenvalue weighted by Gasteiger charge is 2.38. The number of carbonyl (C=O) groups is 3. The minimum atomic E-state index is -0.705. The molecule has 334 valence electrons. The Bertz CT molecular complexity index is 1300. The van der Waals surface area contributed by atoms with Crippen LogP contribution in [0.4, 0.5) is 4.48 Å². The van der Waals surface area contributed by atoms with Crippen LogP contribution in [0.3, 0.4) is 0 Å². The van der Waals surface area contributed by atoms with Crippen molar-refractivity contribution in [3.63, 3.8) is 0 Å². The molecule has 1 aliphatic rings. The monoisotopic (exact) mass is 820 g/mol. The van der Waals surface area contributed by atoms with Gasteiger partial charge in [-0.05, 0) is 63.7 Å². The molecule has 58 heavy (non-hydrogen) atoms. The number of nitrogens with zero attached hydrogens (tertiary/aromatic N) is 4. The first-order chi connectivity index (χ1) is 27.6. The van der Waals surface area contributed by atoms with Crippen molar-refractivity contribution in [3.8, 4) is 0 Å². The summed E-state index contributed by atoms with van der Waals surface area (Å²) >= 11 is 0. The molecule has 12 nitrogen and oxygen atoms in total. The van der Waals surface area contributed by atoms with Gasteiger partial charge < -0.3 is 35.6 Å². The molecule has 0 radical (unpaired) electrons. The molecule has 0 aromatic heterocycles. The summed E-state index contributed by atoms with van der Waals surface area (Å²) < 4.78 is 26.2. The van der Waals surface area contributed by atoms with Crippen LogP contribution in [0.1, 0.15) is 99.5 Å². The van der Waals surface area contributed by atoms with Crippen LogP contribution in [-0.4, -0.2) is 136 Å². The number of hydrogen-bond donors (Lipinski definition) is 3. The Kier molecular flexibility index (Phi) is 28.9. The lowest BCUT2D eigenvalue weighted by atomic mass is 9.91. The van der Waals surface area contributed by atoms with Gasteiger partial charge in [0.25, 0.3) is 0 Å². The number of nitrogens with one attached hydrogen (secondary N) is 2. The Labute approximate surface area is 352 Å². The lowest BCUT2D eigenvalue weighted by Crippen LogP contribution is -2.53. The van der Waals surface area contributed by atoms with E-state index in [-0.39, 0.29) is 48.6 Å². The van der Waals surface area contributed by atoms with Gasteiger partial charge in [0, 0.05) is 40.8 Å². The fourth-order valence-electron chi connectivity index (χ4n) is 7.61. The molecular formula is C45H82FN7O5. The maximum absolute atomic E-state index is 14.9. The van der Waals surface area contributed by atoms with Crippen molar-refractivity contribution >= 4 is 18.2 Å². The van der Waals surface area contributed by atoms with Crippen molar-refractivity contribution in [2.45, 2.75) is 137 Å². The van der Waals surface area contributed by atoms with Crippen LogP contribution in [0.15, 0.2) is 48.3 Å². The molecule has 1 heterocycles. The Morgan fingerprint density at radius 1 is 1.03 bits per heavy atom. The molecule has 0 aliphatic carbocycles. The SMILES string of the molecule is C=C=C(CN(F)C(C(C)C)N(C)C)N(C)C(C(C)CC)C(CC)OC.CCC.COC(C(C)C(=O)NC(Cc1ccccc1)C(=O)NCCCN)C1CCCN1C=O. The first kappa shape index (κ1) is 54.7. The molecule has 1 aliphatic heterocycles. The average molecular weight is 820 g/mol. The molecule has 2 rings (SSSR count). The van der Waals surface area contributed by atoms with Gasteiger partial charge in [0.1, 0.15) is 6.04 Å². The maximum Gasteiger partial charge on any atom is 0.242 e. The average Bonchev–Trinajstić information content (AvgIpc) is 3.67. The summed E-state index contributed by atoms with van der Waals surface area (Å²) in [7, 11) is 9.10. The van der Waals surface area contributed by atoms with E-state index in [9.17, 15) is 18.9 Å². The quantitative estimate of drug-likeness (QED) is 0.0377. The Hall–Kier alpha value is -3.32. The summed E-state index contributed by atoms with van der Waals surface area (Å²) in [5, 5.41) is 6.62. The predicted molar refractivity (Wildman–Crippen MR) is 235 cm³/mol. The fourth-order valence-corrected chi connectivity index (χ4v) is 7.61. The number of benzene rings is 1. The van der Waals surface area contributed by atoms with Crippen molar-refractivity contribution in [1.82, 2.24) is 30.5 Å². The van der Waals surface area contributed by atoms with E-state index in [2.05, 4.69) is 62.5 Å². The van der Waals surface area contributed by atoms with Crippen LogP contribution in [-0.2, 0) is 30.3 Å². The van der Waals surface area contributed by atoms with Gasteiger partial charge in [0.05, 0.1) is 48.6 Å². The number of rotatable bonds is 24. The van der Waals surface area contributed by atoms with Gasteiger partial charge >= 0.3 is 0 Å². The van der Waals surface area contributed by atoms with E-state index >= 15 is 0 Å². The van der Waals surface area contributed by atoms with Crippen molar-refractivity contribution < 1.29 is 28.3 Å². The van der Waals surface area contributed by atoms with Gasteiger partial charge in [-0.3, -0.25) is 19.3 Å². The third-order valence-electron chi connectivity index (χ3n) is 10.7. The topological polar surface area (TPSA) is 133 Å². The number of likely N-dealkylation sites (tertiary alicyclic amines) is 1. The number of ether oxygens (including phenoxy) is 2. The number of nitrogens with two attached hydrogens (primary N) is 1. The molecule has 8 unspecified atom stereocenters. The normalized spacial score (nSPS) is 17.3. The van der Waals surface area contributed by atoms with Crippen LogP contribution >= 0.6 is 0 Å². The number of methoxy groups -OCH3 is 2. The van der Waals surface area contributed by atoms with E-state index in [1.807, 2.05) is 70.2 Å². The second-order valence-electron chi connectivity index (χ2n) is 15.9. The lowest BCUT2D eigenvalue weighted by Gasteiger charge is -2.41. The Balaban J connectivity index is 0.00000107. The van der Waals surface area contributed by atoms with E-state index in [0.29, 0.717) is 38.4 Å². The lowest BCUT2D eigenvalue weighted by molar-refractivity contribution is -0.136. The second-order valence-corrected chi connectivity index (χ2v) is 15.9. The van der Waals surface area contributed by atoms with Crippen LogP contribution in [0.5, 0.6) is 0 Å². The van der Waals surface area contributed by atoms with Gasteiger partial charge in [-0.2, -0.15) is 0 Å². The van der Waals surface area contributed by atoms with Crippen molar-refractivity contribution in [2.24, 2.45) is 23.5 Å². The van der Waals surface area contributed by atoms with Gasteiger partial charge in [-0.25, -0.2) is 0 Å². The van der Waals surface area contributed by atoms with Crippen molar-refractivity contribution in [3.05, 3.63) is 53.9 Å². The number of carbonyl (C=O) groups excluding carboxylic acids is 3. The standard InChI is InChI=1S/C22H34N4O4.C20H40FN3O.C3H8/c1-16(20(30-2)19-10-6-13-26(19)15-27)21(28)25-18(22(29)24-12-7-11-23)14-17-8-4-3-5-9-17;1-11-16(6)19(18(13-3)25-10)23(9)17(12-2)14-24(21)20(15(4)5)22(7)8;1-3-2/h3-5,8-9,15-16,18-20H,6-7,10-14,23H2,1-2H3,(H,24,29)(H,25,28);15-16,18-20H,2,11,13-14H2,1,3-10H3;3H2,1-2H3. The highest BCUT2D eigenvalue weighted by molar-refractivity contribution is 5.88. The van der Waals surface area contributed by atoms with Crippen molar-refractivity contribution in [2.75, 3.05) is 61.5 Å². The molecular weight excluding hydrogens is 738 g/mol. The van der Waals surface area contributed by atoms with Crippen LogP contribution < -0.4 is 16.4 Å².